The minimum Gasteiger partial charge on any atom is -0.345 e. The fourth-order valence-electron chi connectivity index (χ4n) is 8.91. The number of amides is 2. The summed E-state index contributed by atoms with van der Waals surface area (Å²) in [4.78, 5) is 63.4. The first-order valence-electron chi connectivity index (χ1n) is 21.3. The molecule has 4 aliphatic heterocycles. The van der Waals surface area contributed by atoms with Crippen LogP contribution in [0.1, 0.15) is 71.0 Å². The van der Waals surface area contributed by atoms with Gasteiger partial charge >= 0.3 is 0 Å². The van der Waals surface area contributed by atoms with Gasteiger partial charge in [0.2, 0.25) is 5.28 Å². The van der Waals surface area contributed by atoms with Crippen molar-refractivity contribution in [1.82, 2.24) is 39.9 Å². The van der Waals surface area contributed by atoms with Crippen LogP contribution in [0.3, 0.4) is 0 Å². The van der Waals surface area contributed by atoms with Gasteiger partial charge in [-0.05, 0) is 94.2 Å². The second-order valence-corrected chi connectivity index (χ2v) is 16.4. The lowest BCUT2D eigenvalue weighted by Crippen LogP contribution is -2.64. The number of piperidine rings is 2. The van der Waals surface area contributed by atoms with Crippen molar-refractivity contribution in [3.05, 3.63) is 107 Å². The maximum absolute atomic E-state index is 12.8. The highest BCUT2D eigenvalue weighted by molar-refractivity contribution is 6.28. The van der Waals surface area contributed by atoms with Gasteiger partial charge in [0.1, 0.15) is 39.9 Å². The number of aromatic nitrogens is 8. The van der Waals surface area contributed by atoms with Crippen molar-refractivity contribution in [1.29, 1.82) is 0 Å². The number of carbonyl (C=O) groups is 2. The van der Waals surface area contributed by atoms with Crippen LogP contribution in [0.15, 0.2) is 61.4 Å². The number of H-pyrrole nitrogens is 2. The number of fused-ring (bicyclic) bond motifs is 6. The molecule has 2 amide bonds. The third-order valence-corrected chi connectivity index (χ3v) is 12.6. The predicted octanol–water partition coefficient (Wildman–Crippen LogP) is 9.13. The number of rotatable bonds is 4. The minimum absolute atomic E-state index is 0.146. The number of hydrogen-bond acceptors (Lipinski definition) is 10. The molecule has 0 saturated carbocycles. The number of aromatic amines is 2. The Kier molecular flexibility index (Phi) is 14.0. The molecule has 8 heterocycles. The highest BCUT2D eigenvalue weighted by Gasteiger charge is 2.52. The van der Waals surface area contributed by atoms with Crippen LogP contribution < -0.4 is 19.6 Å². The summed E-state index contributed by atoms with van der Waals surface area (Å²) in [6, 6.07) is 3.54. The summed E-state index contributed by atoms with van der Waals surface area (Å²) in [5.41, 5.74) is 1.10. The van der Waals surface area contributed by atoms with Gasteiger partial charge in [0.05, 0.1) is 12.4 Å². The van der Waals surface area contributed by atoms with Gasteiger partial charge in [0, 0.05) is 63.1 Å². The third-order valence-electron chi connectivity index (χ3n) is 12.4. The predicted molar refractivity (Wildman–Crippen MR) is 237 cm³/mol. The van der Waals surface area contributed by atoms with Crippen LogP contribution in [0.2, 0.25) is 5.28 Å². The van der Waals surface area contributed by atoms with Crippen molar-refractivity contribution >= 4 is 46.4 Å². The molecule has 4 aliphatic rings. The topological polar surface area (TPSA) is 156 Å². The lowest BCUT2D eigenvalue weighted by Gasteiger charge is -2.51. The van der Waals surface area contributed by atoms with E-state index in [1.165, 1.54) is 24.8 Å². The van der Waals surface area contributed by atoms with Crippen LogP contribution in [0.4, 0.5) is 49.4 Å². The van der Waals surface area contributed by atoms with Gasteiger partial charge < -0.3 is 29.6 Å². The van der Waals surface area contributed by atoms with Crippen LogP contribution in [-0.4, -0.2) is 89.9 Å². The first kappa shape index (κ1) is 47.4. The number of anilines is 4. The molecule has 2 saturated heterocycles. The Balaban J connectivity index is 0.000000132. The molecular weight excluding hydrogens is 890 g/mol. The molecule has 66 heavy (non-hydrogen) atoms. The van der Waals surface area contributed by atoms with Gasteiger partial charge in [-0.2, -0.15) is 4.98 Å². The highest BCUT2D eigenvalue weighted by Crippen LogP contribution is 2.46. The summed E-state index contributed by atoms with van der Waals surface area (Å²) in [5, 5.41) is 0.233. The van der Waals surface area contributed by atoms with Crippen molar-refractivity contribution in [3.8, 4) is 22.8 Å². The van der Waals surface area contributed by atoms with Gasteiger partial charge in [-0.3, -0.25) is 9.59 Å². The molecule has 0 bridgehead atoms. The Morgan fingerprint density at radius 1 is 0.621 bits per heavy atom. The Hall–Kier alpha value is -6.57. The Morgan fingerprint density at radius 2 is 1.03 bits per heavy atom. The number of aryl methyl sites for hydroxylation is 1. The molecule has 2 fully saturated rings. The molecule has 2 atom stereocenters. The largest absolute Gasteiger partial charge is 0.345 e. The van der Waals surface area contributed by atoms with E-state index in [9.17, 15) is 35.9 Å². The maximum atomic E-state index is 12.8. The zero-order valence-electron chi connectivity index (χ0n) is 36.8. The van der Waals surface area contributed by atoms with Crippen molar-refractivity contribution in [2.45, 2.75) is 83.2 Å². The second-order valence-electron chi connectivity index (χ2n) is 16.1. The lowest BCUT2D eigenvalue weighted by molar-refractivity contribution is -0.125. The van der Waals surface area contributed by atoms with Crippen molar-refractivity contribution in [3.63, 3.8) is 0 Å². The van der Waals surface area contributed by atoms with Crippen molar-refractivity contribution in [2.24, 2.45) is 0 Å². The number of nitrogens with one attached hydrogen (secondary N) is 2. The van der Waals surface area contributed by atoms with Crippen molar-refractivity contribution < 1.29 is 35.9 Å². The van der Waals surface area contributed by atoms with E-state index in [0.29, 0.717) is 11.6 Å². The number of likely N-dealkylation sites (N-methyl/N-ethyl adjacent to an activating group) is 2. The standard InChI is InChI=1S/C14H20N4O.C13H17ClN4O.2C9H5F3N2/c1-4-14-7-5-6-8-18(14)12-11(17(3)13(14)19)9-15-10(2)16-12;1-3-13-6-4-5-7-18(13)10-9(17(2)11(13)19)8-15-12(14)16-10;2*10-6-3-5(4-7(11)8(6)12)9-13-1-2-14-9/h9H,4-8H2,1-3H3;8H,3-7H2,1-2H3;2*1-4H,(H,13,14). The molecular formula is C45H47ClF6N12O2. The third kappa shape index (κ3) is 8.89. The monoisotopic (exact) mass is 936 g/mol. The number of carbonyl (C=O) groups excluding carboxylic acids is 2. The average Bonchev–Trinajstić information content (AvgIpc) is 4.08. The van der Waals surface area contributed by atoms with E-state index in [1.807, 2.05) is 14.0 Å². The Labute approximate surface area is 381 Å². The van der Waals surface area contributed by atoms with E-state index in [2.05, 4.69) is 63.5 Å². The second kappa shape index (κ2) is 19.5. The normalized spacial score (nSPS) is 19.5. The van der Waals surface area contributed by atoms with Gasteiger partial charge in [-0.15, -0.1) is 0 Å². The van der Waals surface area contributed by atoms with Gasteiger partial charge in [-0.1, -0.05) is 13.8 Å². The summed E-state index contributed by atoms with van der Waals surface area (Å²) in [5.74, 6) is -4.44. The molecule has 21 heteroatoms. The lowest BCUT2D eigenvalue weighted by atomic mass is 9.81. The number of imidazole rings is 2. The van der Waals surface area contributed by atoms with Crippen LogP contribution >= 0.6 is 11.6 Å². The molecule has 2 unspecified atom stereocenters. The van der Waals surface area contributed by atoms with Crippen molar-refractivity contribution in [2.75, 3.05) is 46.8 Å². The number of halogens is 7. The molecule has 2 aromatic carbocycles. The molecule has 0 radical (unpaired) electrons. The summed E-state index contributed by atoms with van der Waals surface area (Å²) >= 11 is 5.93. The van der Waals surface area contributed by atoms with Crippen LogP contribution in [0, 0.1) is 41.8 Å². The van der Waals surface area contributed by atoms with E-state index in [-0.39, 0.29) is 33.8 Å². The van der Waals surface area contributed by atoms with E-state index in [0.717, 1.165) is 118 Å². The fraction of sp³-hybridized carbons (Fsp3) is 0.378. The first-order valence-corrected chi connectivity index (χ1v) is 21.7. The Morgan fingerprint density at radius 3 is 1.42 bits per heavy atom. The molecule has 0 aliphatic carbocycles. The fourth-order valence-corrected chi connectivity index (χ4v) is 9.04. The van der Waals surface area contributed by atoms with Crippen LogP contribution in [-0.2, 0) is 9.59 Å². The molecule has 2 N–H and O–H groups in total. The summed E-state index contributed by atoms with van der Waals surface area (Å²) in [7, 11) is 3.63. The zero-order chi connectivity index (χ0) is 47.5. The molecule has 4 aromatic heterocycles. The van der Waals surface area contributed by atoms with Gasteiger partial charge in [-0.25, -0.2) is 51.3 Å². The first-order chi connectivity index (χ1) is 31.6. The van der Waals surface area contributed by atoms with E-state index < -0.39 is 40.4 Å². The molecule has 14 nitrogen and oxygen atoms in total. The summed E-state index contributed by atoms with van der Waals surface area (Å²) in [6.07, 6.45) is 17.1. The molecule has 6 aromatic rings. The van der Waals surface area contributed by atoms with E-state index >= 15 is 0 Å². The summed E-state index contributed by atoms with van der Waals surface area (Å²) in [6.45, 7) is 7.83. The van der Waals surface area contributed by atoms with Crippen LogP contribution in [0.25, 0.3) is 22.8 Å². The smallest absolute Gasteiger partial charge is 0.252 e. The molecule has 0 spiro atoms. The zero-order valence-corrected chi connectivity index (χ0v) is 37.5. The quantitative estimate of drug-likeness (QED) is 0.0993. The Bertz CT molecular complexity index is 2480. The van der Waals surface area contributed by atoms with E-state index in [1.54, 1.807) is 29.2 Å². The number of hydrogen-bond donors (Lipinski definition) is 2. The van der Waals surface area contributed by atoms with Gasteiger partial charge in [0.15, 0.2) is 46.5 Å². The van der Waals surface area contributed by atoms with Crippen LogP contribution in [0.5, 0.6) is 0 Å². The highest BCUT2D eigenvalue weighted by atomic mass is 35.5. The van der Waals surface area contributed by atoms with Gasteiger partial charge in [0.25, 0.3) is 11.8 Å². The number of nitrogens with zero attached hydrogens (tertiary/aromatic N) is 10. The van der Waals surface area contributed by atoms with E-state index in [4.69, 9.17) is 11.6 Å². The molecule has 348 valence electrons. The average molecular weight is 937 g/mol. The minimum atomic E-state index is -1.47. The molecule has 10 rings (SSSR count). The summed E-state index contributed by atoms with van der Waals surface area (Å²) < 4.78 is 76.2. The SMILES string of the molecule is CCC12CCCCN1c1nc(C)ncc1N(C)C2=O.CCC12CCCCN1c1nc(Cl)ncc1N(C)C2=O.Fc1cc(-c2ncc[nH]2)cc(F)c1F.Fc1cc(-c2ncc[nH]2)cc(F)c1F. The maximum Gasteiger partial charge on any atom is 0.252 e. The number of benzene rings is 2.